The van der Waals surface area contributed by atoms with Crippen LogP contribution in [0.2, 0.25) is 0 Å². The highest BCUT2D eigenvalue weighted by Crippen LogP contribution is 2.11. The van der Waals surface area contributed by atoms with Gasteiger partial charge in [0, 0.05) is 0 Å². The molecule has 0 spiro atoms. The van der Waals surface area contributed by atoms with Crippen LogP contribution in [0.1, 0.15) is 24.5 Å². The predicted molar refractivity (Wildman–Crippen MR) is 64.7 cm³/mol. The van der Waals surface area contributed by atoms with Gasteiger partial charge in [-0.15, -0.1) is 0 Å². The molecule has 1 heterocycles. The number of hydrogen-bond donors (Lipinski definition) is 3. The van der Waals surface area contributed by atoms with Crippen LogP contribution in [0.5, 0.6) is 0 Å². The van der Waals surface area contributed by atoms with E-state index in [1.807, 2.05) is 24.3 Å². The van der Waals surface area contributed by atoms with Gasteiger partial charge in [-0.05, 0) is 26.0 Å². The molecule has 1 aromatic carbocycles. The molecule has 0 saturated carbocycles. The zero-order chi connectivity index (χ0) is 12.5. The molecule has 5 nitrogen and oxygen atoms in total. The van der Waals surface area contributed by atoms with E-state index in [1.165, 1.54) is 0 Å². The first-order valence-electron chi connectivity index (χ1n) is 5.40. The Labute approximate surface area is 98.9 Å². The van der Waals surface area contributed by atoms with Gasteiger partial charge in [0.05, 0.1) is 23.2 Å². The van der Waals surface area contributed by atoms with Gasteiger partial charge in [-0.2, -0.15) is 0 Å². The van der Waals surface area contributed by atoms with Gasteiger partial charge in [0.1, 0.15) is 0 Å². The van der Waals surface area contributed by atoms with Crippen molar-refractivity contribution in [1.82, 2.24) is 15.3 Å². The summed E-state index contributed by atoms with van der Waals surface area (Å²) in [5, 5.41) is 11.8. The molecule has 90 valence electrons. The maximum Gasteiger partial charge on any atom is 0.287 e. The summed E-state index contributed by atoms with van der Waals surface area (Å²) in [6, 6.07) is 7.43. The monoisotopic (exact) mass is 233 g/mol. The first kappa shape index (κ1) is 11.6. The normalized spacial score (nSPS) is 11.7. The Hall–Kier alpha value is -1.88. The van der Waals surface area contributed by atoms with Crippen LogP contribution in [0, 0.1) is 0 Å². The molecule has 0 unspecified atom stereocenters. The lowest BCUT2D eigenvalue weighted by molar-refractivity contribution is 0.0860. The van der Waals surface area contributed by atoms with Gasteiger partial charge in [0.15, 0.2) is 5.82 Å². The smallest absolute Gasteiger partial charge is 0.287 e. The van der Waals surface area contributed by atoms with Crippen LogP contribution in [0.15, 0.2) is 24.3 Å². The lowest BCUT2D eigenvalue weighted by atomic mass is 10.1. The molecular formula is C12H15N3O2. The van der Waals surface area contributed by atoms with Gasteiger partial charge in [0.2, 0.25) is 0 Å². The van der Waals surface area contributed by atoms with Crippen LogP contribution in [0.3, 0.4) is 0 Å². The van der Waals surface area contributed by atoms with E-state index < -0.39 is 5.54 Å². The van der Waals surface area contributed by atoms with Crippen molar-refractivity contribution in [3.05, 3.63) is 30.1 Å². The number of fused-ring (bicyclic) bond motifs is 1. The number of benzene rings is 1. The first-order chi connectivity index (χ1) is 8.02. The van der Waals surface area contributed by atoms with E-state index in [9.17, 15) is 4.79 Å². The van der Waals surface area contributed by atoms with E-state index in [0.29, 0.717) is 0 Å². The van der Waals surface area contributed by atoms with Gasteiger partial charge in [0.25, 0.3) is 5.91 Å². The molecule has 0 fully saturated rings. The summed E-state index contributed by atoms with van der Waals surface area (Å²) < 4.78 is 0. The minimum absolute atomic E-state index is 0.126. The SMILES string of the molecule is CC(C)(CO)NC(=O)c1nc2ccccc2[nH]1. The molecule has 2 rings (SSSR count). The van der Waals surface area contributed by atoms with E-state index in [-0.39, 0.29) is 18.3 Å². The van der Waals surface area contributed by atoms with Crippen molar-refractivity contribution >= 4 is 16.9 Å². The van der Waals surface area contributed by atoms with Crippen molar-refractivity contribution in [3.8, 4) is 0 Å². The number of carbonyl (C=O) groups excluding carboxylic acids is 1. The molecule has 0 atom stereocenters. The van der Waals surface area contributed by atoms with Gasteiger partial charge in [-0.1, -0.05) is 12.1 Å². The summed E-state index contributed by atoms with van der Waals surface area (Å²) in [4.78, 5) is 19.0. The third kappa shape index (κ3) is 2.45. The Morgan fingerprint density at radius 3 is 2.82 bits per heavy atom. The van der Waals surface area contributed by atoms with Crippen LogP contribution in [0.4, 0.5) is 0 Å². The van der Waals surface area contributed by atoms with Crippen LogP contribution < -0.4 is 5.32 Å². The van der Waals surface area contributed by atoms with Gasteiger partial charge in [-0.3, -0.25) is 4.79 Å². The van der Waals surface area contributed by atoms with E-state index >= 15 is 0 Å². The molecule has 2 aromatic rings. The number of aliphatic hydroxyl groups excluding tert-OH is 1. The summed E-state index contributed by atoms with van der Waals surface area (Å²) in [5.41, 5.74) is 0.912. The fourth-order valence-electron chi connectivity index (χ4n) is 1.47. The topological polar surface area (TPSA) is 78.0 Å². The number of imidazole rings is 1. The van der Waals surface area contributed by atoms with Crippen molar-refractivity contribution < 1.29 is 9.90 Å². The molecule has 0 aliphatic carbocycles. The zero-order valence-corrected chi connectivity index (χ0v) is 9.82. The van der Waals surface area contributed by atoms with E-state index in [4.69, 9.17) is 5.11 Å². The van der Waals surface area contributed by atoms with Crippen LogP contribution in [0.25, 0.3) is 11.0 Å². The molecule has 3 N–H and O–H groups in total. The van der Waals surface area contributed by atoms with Gasteiger partial charge >= 0.3 is 0 Å². The summed E-state index contributed by atoms with van der Waals surface area (Å²) in [5.74, 6) is -0.0621. The van der Waals surface area contributed by atoms with E-state index in [2.05, 4.69) is 15.3 Å². The number of para-hydroxylation sites is 2. The first-order valence-corrected chi connectivity index (χ1v) is 5.40. The lowest BCUT2D eigenvalue weighted by Gasteiger charge is -2.22. The van der Waals surface area contributed by atoms with Crippen LogP contribution >= 0.6 is 0 Å². The number of carbonyl (C=O) groups is 1. The number of H-pyrrole nitrogens is 1. The van der Waals surface area contributed by atoms with Crippen molar-refractivity contribution in [2.45, 2.75) is 19.4 Å². The standard InChI is InChI=1S/C12H15N3O2/c1-12(2,7-16)15-11(17)10-13-8-5-3-4-6-9(8)14-10/h3-6,16H,7H2,1-2H3,(H,13,14)(H,15,17). The highest BCUT2D eigenvalue weighted by Gasteiger charge is 2.21. The Bertz CT molecular complexity index is 512. The zero-order valence-electron chi connectivity index (χ0n) is 9.82. The minimum Gasteiger partial charge on any atom is -0.394 e. The Morgan fingerprint density at radius 2 is 2.18 bits per heavy atom. The number of nitrogens with zero attached hydrogens (tertiary/aromatic N) is 1. The van der Waals surface area contributed by atoms with Crippen molar-refractivity contribution in [1.29, 1.82) is 0 Å². The highest BCUT2D eigenvalue weighted by atomic mass is 16.3. The third-order valence-electron chi connectivity index (χ3n) is 2.45. The highest BCUT2D eigenvalue weighted by molar-refractivity contribution is 5.94. The van der Waals surface area contributed by atoms with Crippen molar-refractivity contribution in [3.63, 3.8) is 0 Å². The molecule has 0 radical (unpaired) electrons. The maximum absolute atomic E-state index is 11.9. The number of amides is 1. The number of aromatic nitrogens is 2. The molecule has 0 saturated heterocycles. The molecule has 1 amide bonds. The maximum atomic E-state index is 11.9. The molecule has 0 aliphatic heterocycles. The summed E-state index contributed by atoms with van der Waals surface area (Å²) in [7, 11) is 0. The summed E-state index contributed by atoms with van der Waals surface area (Å²) in [6.07, 6.45) is 0. The largest absolute Gasteiger partial charge is 0.394 e. The Morgan fingerprint density at radius 1 is 1.47 bits per heavy atom. The van der Waals surface area contributed by atoms with Crippen molar-refractivity contribution in [2.75, 3.05) is 6.61 Å². The number of rotatable bonds is 3. The Balaban J connectivity index is 2.25. The minimum atomic E-state index is -0.657. The molecule has 0 aliphatic rings. The third-order valence-corrected chi connectivity index (χ3v) is 2.45. The Kier molecular flexibility index (Phi) is 2.85. The molecule has 0 bridgehead atoms. The second-order valence-corrected chi connectivity index (χ2v) is 4.60. The molecule has 1 aromatic heterocycles. The number of aliphatic hydroxyl groups is 1. The average Bonchev–Trinajstić information content (AvgIpc) is 2.72. The second kappa shape index (κ2) is 4.18. The fraction of sp³-hybridized carbons (Fsp3) is 0.333. The van der Waals surface area contributed by atoms with Gasteiger partial charge in [-0.25, -0.2) is 4.98 Å². The van der Waals surface area contributed by atoms with Crippen molar-refractivity contribution in [2.24, 2.45) is 0 Å². The quantitative estimate of drug-likeness (QED) is 0.741. The summed E-state index contributed by atoms with van der Waals surface area (Å²) >= 11 is 0. The van der Waals surface area contributed by atoms with E-state index in [0.717, 1.165) is 11.0 Å². The number of nitrogens with one attached hydrogen (secondary N) is 2. The van der Waals surface area contributed by atoms with E-state index in [1.54, 1.807) is 13.8 Å². The van der Waals surface area contributed by atoms with Gasteiger partial charge < -0.3 is 15.4 Å². The molecular weight excluding hydrogens is 218 g/mol. The number of hydrogen-bond acceptors (Lipinski definition) is 3. The average molecular weight is 233 g/mol. The van der Waals surface area contributed by atoms with Crippen LogP contribution in [-0.4, -0.2) is 33.1 Å². The lowest BCUT2D eigenvalue weighted by Crippen LogP contribution is -2.46. The predicted octanol–water partition coefficient (Wildman–Crippen LogP) is 1.06. The van der Waals surface area contributed by atoms with Crippen LogP contribution in [-0.2, 0) is 0 Å². The fourth-order valence-corrected chi connectivity index (χ4v) is 1.47. The molecule has 17 heavy (non-hydrogen) atoms. The second-order valence-electron chi connectivity index (χ2n) is 4.60. The number of aromatic amines is 1. The molecule has 5 heteroatoms. The summed E-state index contributed by atoms with van der Waals surface area (Å²) in [6.45, 7) is 3.36.